The smallest absolute Gasteiger partial charge is 0.344 e. The van der Waals surface area contributed by atoms with Crippen molar-refractivity contribution in [3.63, 3.8) is 0 Å². The topological polar surface area (TPSA) is 213 Å². The van der Waals surface area contributed by atoms with Gasteiger partial charge in [-0.1, -0.05) is 0 Å². The lowest BCUT2D eigenvalue weighted by Crippen LogP contribution is -2.38. The number of aliphatic hydroxyl groups excluding tert-OH is 2. The van der Waals surface area contributed by atoms with Crippen molar-refractivity contribution in [2.45, 2.75) is 49.7 Å². The van der Waals surface area contributed by atoms with E-state index < -0.39 is 68.1 Å². The molecule has 1 aromatic heterocycles. The van der Waals surface area contributed by atoms with Crippen molar-refractivity contribution in [3.8, 4) is 0 Å². The maximum absolute atomic E-state index is 12.2. The van der Waals surface area contributed by atoms with Gasteiger partial charge in [-0.05, 0) is 19.3 Å². The Kier molecular flexibility index (Phi) is 8.44. The molecule has 3 rings (SSSR count). The molecule has 170 valence electrons. The number of nitrogens with one attached hydrogen (secondary N) is 1. The molecule has 1 aliphatic heterocycles. The lowest BCUT2D eigenvalue weighted by atomic mass is 9.92. The van der Waals surface area contributed by atoms with Gasteiger partial charge in [0.05, 0.1) is 12.2 Å². The van der Waals surface area contributed by atoms with Crippen LogP contribution in [0, 0.1) is 0 Å². The average molecular weight is 490 g/mol. The molecule has 0 bridgehead atoms. The first-order chi connectivity index (χ1) is 14.2. The summed E-state index contributed by atoms with van der Waals surface area (Å²) in [6.45, 7) is -0.493. The quantitative estimate of drug-likeness (QED) is 0.210. The first-order valence-electron chi connectivity index (χ1n) is 8.69. The summed E-state index contributed by atoms with van der Waals surface area (Å²) in [6, 6.07) is -0.0553. The van der Waals surface area contributed by atoms with Crippen molar-refractivity contribution in [2.24, 2.45) is 0 Å². The number of nitrogens with zero attached hydrogens (tertiary/aromatic N) is 1. The second-order valence-corrected chi connectivity index (χ2v) is 9.62. The zero-order chi connectivity index (χ0) is 22.0. The Morgan fingerprint density at radius 2 is 1.80 bits per heavy atom. The second-order valence-electron chi connectivity index (χ2n) is 6.60. The summed E-state index contributed by atoms with van der Waals surface area (Å²) in [4.78, 5) is 62.4. The molecule has 2 aliphatic rings. The third kappa shape index (κ3) is 5.67. The SMILES string of the molecule is O=c1[nH]c(=O)n(C2CCC2)cc1C1OC(COP(O)OP(O)OP(O)O)C(O)C1O. The Bertz CT molecular complexity index is 832. The van der Waals surface area contributed by atoms with Gasteiger partial charge in [-0.3, -0.25) is 14.3 Å². The van der Waals surface area contributed by atoms with E-state index >= 15 is 0 Å². The summed E-state index contributed by atoms with van der Waals surface area (Å²) in [5.41, 5.74) is -1.36. The minimum Gasteiger partial charge on any atom is -0.387 e. The van der Waals surface area contributed by atoms with Crippen LogP contribution >= 0.6 is 25.8 Å². The largest absolute Gasteiger partial charge is 0.387 e. The Morgan fingerprint density at radius 1 is 1.10 bits per heavy atom. The monoisotopic (exact) mass is 490 g/mol. The summed E-state index contributed by atoms with van der Waals surface area (Å²) in [5.74, 6) is 0. The predicted molar refractivity (Wildman–Crippen MR) is 102 cm³/mol. The molecule has 1 saturated carbocycles. The van der Waals surface area contributed by atoms with Crippen LogP contribution < -0.4 is 11.2 Å². The summed E-state index contributed by atoms with van der Waals surface area (Å²) in [5, 5.41) is 20.5. The van der Waals surface area contributed by atoms with E-state index in [1.807, 2.05) is 0 Å². The van der Waals surface area contributed by atoms with Crippen molar-refractivity contribution in [1.29, 1.82) is 0 Å². The summed E-state index contributed by atoms with van der Waals surface area (Å²) < 4.78 is 20.4. The Morgan fingerprint density at radius 3 is 2.40 bits per heavy atom. The van der Waals surface area contributed by atoms with Gasteiger partial charge in [-0.15, -0.1) is 0 Å². The highest BCUT2D eigenvalue weighted by atomic mass is 31.3. The highest BCUT2D eigenvalue weighted by Gasteiger charge is 2.45. The van der Waals surface area contributed by atoms with Crippen LogP contribution in [0.2, 0.25) is 0 Å². The predicted octanol–water partition coefficient (Wildman–Crippen LogP) is -0.877. The van der Waals surface area contributed by atoms with Crippen LogP contribution in [-0.2, 0) is 17.9 Å². The average Bonchev–Trinajstić information content (AvgIpc) is 2.88. The van der Waals surface area contributed by atoms with Gasteiger partial charge in [0.2, 0.25) is 0 Å². The third-order valence-corrected chi connectivity index (χ3v) is 7.39. The molecule has 2 fully saturated rings. The van der Waals surface area contributed by atoms with E-state index in [-0.39, 0.29) is 11.6 Å². The number of ether oxygens (including phenoxy) is 1. The number of aliphatic hydroxyl groups is 2. The van der Waals surface area contributed by atoms with Gasteiger partial charge in [0.15, 0.2) is 0 Å². The highest BCUT2D eigenvalue weighted by molar-refractivity contribution is 7.60. The zero-order valence-corrected chi connectivity index (χ0v) is 17.9. The lowest BCUT2D eigenvalue weighted by Gasteiger charge is -2.28. The number of hydrogen-bond donors (Lipinski definition) is 7. The lowest BCUT2D eigenvalue weighted by molar-refractivity contribution is -0.0194. The molecule has 6 unspecified atom stereocenters. The van der Waals surface area contributed by atoms with Gasteiger partial charge < -0.3 is 39.0 Å². The van der Waals surface area contributed by atoms with Crippen LogP contribution in [0.25, 0.3) is 0 Å². The summed E-state index contributed by atoms with van der Waals surface area (Å²) in [7, 11) is -8.44. The molecule has 0 radical (unpaired) electrons. The molecule has 30 heavy (non-hydrogen) atoms. The highest BCUT2D eigenvalue weighted by Crippen LogP contribution is 2.55. The van der Waals surface area contributed by atoms with E-state index in [9.17, 15) is 29.6 Å². The summed E-state index contributed by atoms with van der Waals surface area (Å²) >= 11 is 0. The van der Waals surface area contributed by atoms with Gasteiger partial charge in [0, 0.05) is 12.2 Å². The van der Waals surface area contributed by atoms with Crippen LogP contribution in [0.4, 0.5) is 0 Å². The molecule has 2 heterocycles. The van der Waals surface area contributed by atoms with E-state index in [0.29, 0.717) is 0 Å². The van der Waals surface area contributed by atoms with Crippen molar-refractivity contribution < 1.29 is 47.7 Å². The third-order valence-electron chi connectivity index (χ3n) is 4.76. The maximum Gasteiger partial charge on any atom is 0.344 e. The second kappa shape index (κ2) is 10.5. The van der Waals surface area contributed by atoms with Crippen molar-refractivity contribution in [3.05, 3.63) is 32.6 Å². The van der Waals surface area contributed by atoms with Crippen molar-refractivity contribution in [2.75, 3.05) is 6.61 Å². The van der Waals surface area contributed by atoms with E-state index in [2.05, 4.69) is 13.6 Å². The normalized spacial score (nSPS) is 29.2. The first-order valence-corrected chi connectivity index (χ1v) is 12.1. The number of rotatable bonds is 9. The fourth-order valence-corrected chi connectivity index (χ4v) is 4.91. The molecule has 1 saturated heterocycles. The zero-order valence-electron chi connectivity index (χ0n) is 15.2. The molecule has 7 N–H and O–H groups in total. The molecule has 0 aromatic carbocycles. The fraction of sp³-hybridized carbons (Fsp3) is 0.692. The van der Waals surface area contributed by atoms with Crippen LogP contribution in [0.3, 0.4) is 0 Å². The summed E-state index contributed by atoms with van der Waals surface area (Å²) in [6.07, 6.45) is -1.59. The minimum absolute atomic E-state index is 0.0374. The molecular formula is C13H21N2O12P3. The Balaban J connectivity index is 1.64. The van der Waals surface area contributed by atoms with Gasteiger partial charge >= 0.3 is 31.5 Å². The van der Waals surface area contributed by atoms with Crippen LogP contribution in [0.1, 0.15) is 37.0 Å². The molecule has 6 atom stereocenters. The molecule has 14 nitrogen and oxygen atoms in total. The van der Waals surface area contributed by atoms with Crippen molar-refractivity contribution >= 4 is 25.8 Å². The van der Waals surface area contributed by atoms with E-state index in [1.54, 1.807) is 0 Å². The first kappa shape index (κ1) is 24.2. The maximum atomic E-state index is 12.2. The van der Waals surface area contributed by atoms with Crippen LogP contribution in [0.5, 0.6) is 0 Å². The molecule has 0 amide bonds. The van der Waals surface area contributed by atoms with E-state index in [0.717, 1.165) is 19.3 Å². The van der Waals surface area contributed by atoms with Gasteiger partial charge in [-0.25, -0.2) is 13.4 Å². The van der Waals surface area contributed by atoms with Crippen molar-refractivity contribution in [1.82, 2.24) is 9.55 Å². The Hall–Kier alpha value is -0.430. The molecule has 1 aliphatic carbocycles. The minimum atomic E-state index is -2.90. The molecular weight excluding hydrogens is 469 g/mol. The van der Waals surface area contributed by atoms with Gasteiger partial charge in [-0.2, -0.15) is 0 Å². The molecule has 17 heteroatoms. The van der Waals surface area contributed by atoms with Crippen LogP contribution in [0.15, 0.2) is 15.8 Å². The number of hydrogen-bond acceptors (Lipinski definition) is 12. The number of H-pyrrole nitrogens is 1. The number of aromatic amines is 1. The van der Waals surface area contributed by atoms with E-state index in [4.69, 9.17) is 19.0 Å². The van der Waals surface area contributed by atoms with E-state index in [1.165, 1.54) is 10.8 Å². The standard InChI is InChI=1S/C13H21N2O12P3/c16-9-8(5-24-29(22)27-30(23)26-28(20)21)25-11(10(9)17)7-4-15(6-2-1-3-6)13(19)14-12(7)18/h4,6,8-11,16-17,20-23H,1-3,5H2,(H,14,18,19). The van der Waals surface area contributed by atoms with Gasteiger partial charge in [0.1, 0.15) is 24.4 Å². The van der Waals surface area contributed by atoms with Crippen LogP contribution in [-0.4, -0.2) is 64.3 Å². The Labute approximate surface area is 172 Å². The number of aromatic nitrogens is 2. The fourth-order valence-electron chi connectivity index (χ4n) is 3.08. The van der Waals surface area contributed by atoms with Gasteiger partial charge in [0.25, 0.3) is 5.56 Å². The molecule has 1 aromatic rings. The molecule has 0 spiro atoms.